The predicted octanol–water partition coefficient (Wildman–Crippen LogP) is -4.70. The van der Waals surface area contributed by atoms with Crippen LogP contribution in [0.1, 0.15) is 1.43 Å². The van der Waals surface area contributed by atoms with E-state index in [0.717, 1.165) is 0 Å². The van der Waals surface area contributed by atoms with Crippen LogP contribution in [0.2, 0.25) is 0 Å². The first-order valence-electron chi connectivity index (χ1n) is 2.24. The zero-order valence-electron chi connectivity index (χ0n) is 7.10. The van der Waals surface area contributed by atoms with E-state index in [1.807, 2.05) is 0 Å². The second kappa shape index (κ2) is 10.9. The second-order valence-corrected chi connectivity index (χ2v) is 2.10. The van der Waals surface area contributed by atoms with E-state index in [1.54, 1.807) is 0 Å². The number of aliphatic hydroxyl groups is 2. The normalized spacial score (nSPS) is 12.5. The van der Waals surface area contributed by atoms with Crippen LogP contribution in [0.3, 0.4) is 0 Å². The fourth-order valence-electron chi connectivity index (χ4n) is 0.203. The monoisotopic (exact) mass is 197 g/mol. The smallest absolute Gasteiger partial charge is 1.00 e. The molecular formula is C3H11NaO6P+. The first-order valence-corrected chi connectivity index (χ1v) is 3.38. The Morgan fingerprint density at radius 1 is 1.64 bits per heavy atom. The maximum atomic E-state index is 9.75. The Morgan fingerprint density at radius 2 is 2.09 bits per heavy atom. The zero-order chi connectivity index (χ0) is 7.28. The van der Waals surface area contributed by atoms with E-state index in [0.29, 0.717) is 0 Å². The SMILES string of the molecule is O.O=[P+](O)OCC(O)CO.[H-].[Na+]. The van der Waals surface area contributed by atoms with Crippen molar-refractivity contribution in [1.82, 2.24) is 0 Å². The largest absolute Gasteiger partial charge is 1.00 e. The maximum Gasteiger partial charge on any atom is 1.00 e. The van der Waals surface area contributed by atoms with Crippen LogP contribution in [0.25, 0.3) is 0 Å². The molecule has 0 aromatic carbocycles. The van der Waals surface area contributed by atoms with Crippen LogP contribution in [-0.2, 0) is 9.09 Å². The molecule has 8 heteroatoms. The number of aliphatic hydroxyl groups excluding tert-OH is 2. The van der Waals surface area contributed by atoms with Gasteiger partial charge in [-0.2, -0.15) is 0 Å². The first kappa shape index (κ1) is 17.8. The Morgan fingerprint density at radius 3 is 2.36 bits per heavy atom. The van der Waals surface area contributed by atoms with Crippen molar-refractivity contribution < 1.29 is 60.7 Å². The standard InChI is InChI=1S/C3H7O5P.Na.H2O.H/c4-1-3(5)2-8-9(6)7;;;/h3-5H,1-2H2;;1H2;/q;+1;;-1/p+1. The second-order valence-electron chi connectivity index (χ2n) is 1.37. The molecule has 0 saturated heterocycles. The van der Waals surface area contributed by atoms with Crippen molar-refractivity contribution >= 4 is 8.25 Å². The molecule has 5 N–H and O–H groups in total. The van der Waals surface area contributed by atoms with Crippen LogP contribution in [0, 0.1) is 0 Å². The molecule has 0 bridgehead atoms. The van der Waals surface area contributed by atoms with E-state index in [2.05, 4.69) is 4.52 Å². The van der Waals surface area contributed by atoms with Crippen LogP contribution >= 0.6 is 8.25 Å². The Bertz CT molecular complexity index is 105. The summed E-state index contributed by atoms with van der Waals surface area (Å²) in [5.41, 5.74) is 0. The van der Waals surface area contributed by atoms with Gasteiger partial charge in [0.15, 0.2) is 0 Å². The molecule has 0 aliphatic carbocycles. The Hall–Kier alpha value is 0.900. The average Bonchev–Trinajstić information content (AvgIpc) is 1.83. The van der Waals surface area contributed by atoms with Gasteiger partial charge in [-0.15, -0.1) is 9.42 Å². The molecule has 0 aliphatic heterocycles. The minimum absolute atomic E-state index is 0. The van der Waals surface area contributed by atoms with Crippen LogP contribution in [0.4, 0.5) is 0 Å². The van der Waals surface area contributed by atoms with E-state index < -0.39 is 21.0 Å². The Balaban J connectivity index is -0.000000107. The van der Waals surface area contributed by atoms with Gasteiger partial charge in [-0.3, -0.25) is 0 Å². The van der Waals surface area contributed by atoms with E-state index >= 15 is 0 Å². The summed E-state index contributed by atoms with van der Waals surface area (Å²) < 4.78 is 13.8. The van der Waals surface area contributed by atoms with Crippen LogP contribution in [-0.4, -0.2) is 39.9 Å². The van der Waals surface area contributed by atoms with E-state index in [9.17, 15) is 4.57 Å². The third kappa shape index (κ3) is 13.8. The van der Waals surface area contributed by atoms with Crippen molar-refractivity contribution in [2.24, 2.45) is 0 Å². The number of hydrogen-bond acceptors (Lipinski definition) is 4. The molecule has 2 unspecified atom stereocenters. The molecule has 0 aromatic rings. The van der Waals surface area contributed by atoms with Gasteiger partial charge in [0.2, 0.25) is 0 Å². The molecule has 6 nitrogen and oxygen atoms in total. The molecule has 0 fully saturated rings. The van der Waals surface area contributed by atoms with E-state index in [1.165, 1.54) is 0 Å². The summed E-state index contributed by atoms with van der Waals surface area (Å²) in [6.07, 6.45) is -1.07. The minimum atomic E-state index is -2.66. The summed E-state index contributed by atoms with van der Waals surface area (Å²) in [5, 5.41) is 16.6. The molecule has 0 heterocycles. The molecule has 0 aliphatic rings. The summed E-state index contributed by atoms with van der Waals surface area (Å²) in [6.45, 7) is -0.786. The summed E-state index contributed by atoms with van der Waals surface area (Å²) in [6, 6.07) is 0. The molecule has 0 radical (unpaired) electrons. The van der Waals surface area contributed by atoms with Crippen molar-refractivity contribution in [3.63, 3.8) is 0 Å². The molecule has 0 aromatic heterocycles. The van der Waals surface area contributed by atoms with Gasteiger partial charge in [-0.1, -0.05) is 0 Å². The summed E-state index contributed by atoms with van der Waals surface area (Å²) in [7, 11) is -2.66. The summed E-state index contributed by atoms with van der Waals surface area (Å²) in [4.78, 5) is 7.99. The van der Waals surface area contributed by atoms with Gasteiger partial charge in [-0.05, 0) is 0 Å². The van der Waals surface area contributed by atoms with Gasteiger partial charge in [0.05, 0.1) is 6.61 Å². The average molecular weight is 197 g/mol. The molecule has 2 atom stereocenters. The van der Waals surface area contributed by atoms with Crippen molar-refractivity contribution in [2.75, 3.05) is 13.2 Å². The van der Waals surface area contributed by atoms with Gasteiger partial charge >= 0.3 is 37.8 Å². The molecule has 0 saturated carbocycles. The third-order valence-electron chi connectivity index (χ3n) is 0.588. The van der Waals surface area contributed by atoms with Crippen molar-refractivity contribution in [3.8, 4) is 0 Å². The first-order chi connectivity index (χ1) is 4.16. The Kier molecular flexibility index (Phi) is 17.7. The van der Waals surface area contributed by atoms with Gasteiger partial charge in [0, 0.05) is 4.57 Å². The zero-order valence-corrected chi connectivity index (χ0v) is 8.99. The molecule has 11 heavy (non-hydrogen) atoms. The van der Waals surface area contributed by atoms with Gasteiger partial charge in [0.1, 0.15) is 12.7 Å². The predicted molar refractivity (Wildman–Crippen MR) is 33.6 cm³/mol. The molecule has 64 valence electrons. The maximum absolute atomic E-state index is 9.75. The third-order valence-corrected chi connectivity index (χ3v) is 0.958. The van der Waals surface area contributed by atoms with Crippen molar-refractivity contribution in [2.45, 2.75) is 6.10 Å². The van der Waals surface area contributed by atoms with Gasteiger partial charge < -0.3 is 17.1 Å². The molecule has 0 rings (SSSR count). The van der Waals surface area contributed by atoms with Crippen molar-refractivity contribution in [1.29, 1.82) is 0 Å². The number of hydrogen-bond donors (Lipinski definition) is 3. The van der Waals surface area contributed by atoms with Crippen molar-refractivity contribution in [3.05, 3.63) is 0 Å². The molecule has 0 amide bonds. The fourth-order valence-corrected chi connectivity index (χ4v) is 0.502. The van der Waals surface area contributed by atoms with Gasteiger partial charge in [-0.25, -0.2) is 0 Å². The quantitative estimate of drug-likeness (QED) is 0.309. The van der Waals surface area contributed by atoms with Crippen LogP contribution in [0.5, 0.6) is 0 Å². The summed E-state index contributed by atoms with van der Waals surface area (Å²) in [5.74, 6) is 0. The topological polar surface area (TPSA) is 118 Å². The molecular weight excluding hydrogens is 186 g/mol. The fraction of sp³-hybridized carbons (Fsp3) is 1.00. The van der Waals surface area contributed by atoms with Crippen LogP contribution in [0.15, 0.2) is 0 Å². The number of rotatable bonds is 4. The Labute approximate surface area is 88.2 Å². The minimum Gasteiger partial charge on any atom is -1.00 e. The molecule has 0 spiro atoms. The van der Waals surface area contributed by atoms with E-state index in [-0.39, 0.29) is 43.1 Å². The van der Waals surface area contributed by atoms with Gasteiger partial charge in [0.25, 0.3) is 0 Å². The van der Waals surface area contributed by atoms with Crippen LogP contribution < -0.4 is 29.6 Å². The summed E-state index contributed by atoms with van der Waals surface area (Å²) >= 11 is 0. The van der Waals surface area contributed by atoms with E-state index in [4.69, 9.17) is 15.1 Å².